The van der Waals surface area contributed by atoms with E-state index in [1.165, 1.54) is 0 Å². The summed E-state index contributed by atoms with van der Waals surface area (Å²) >= 11 is 0. The van der Waals surface area contributed by atoms with Crippen LogP contribution < -0.4 is 5.49 Å². The van der Waals surface area contributed by atoms with Gasteiger partial charge in [-0.15, -0.1) is 0 Å². The third kappa shape index (κ3) is 3.98. The zero-order valence-corrected chi connectivity index (χ0v) is 10.5. The molecule has 4 heteroatoms. The van der Waals surface area contributed by atoms with Gasteiger partial charge in [-0.2, -0.15) is 0 Å². The van der Waals surface area contributed by atoms with Gasteiger partial charge >= 0.3 is 0 Å². The molecule has 0 unspecified atom stereocenters. The van der Waals surface area contributed by atoms with E-state index in [0.29, 0.717) is 0 Å². The van der Waals surface area contributed by atoms with Gasteiger partial charge in [0.2, 0.25) is 0 Å². The minimum atomic E-state index is 0.880. The van der Waals surface area contributed by atoms with E-state index in [1.54, 1.807) is 0 Å². The standard InChI is InChI=1S/C13H21N3O/c1-15-7-3-2-5-13(15)14-6-4-8-16-9-11-17-12-10-16/h2-3,5,7H,4,6,8-12H2,1H3. The quantitative estimate of drug-likeness (QED) is 0.717. The molecule has 0 bridgehead atoms. The van der Waals surface area contributed by atoms with Gasteiger partial charge < -0.3 is 9.30 Å². The topological polar surface area (TPSA) is 29.8 Å². The first kappa shape index (κ1) is 12.3. The third-order valence-corrected chi connectivity index (χ3v) is 3.04. The Labute approximate surface area is 103 Å². The fourth-order valence-electron chi connectivity index (χ4n) is 1.99. The van der Waals surface area contributed by atoms with Gasteiger partial charge in [0.25, 0.3) is 0 Å². The van der Waals surface area contributed by atoms with Crippen LogP contribution in [0.5, 0.6) is 0 Å². The molecule has 17 heavy (non-hydrogen) atoms. The summed E-state index contributed by atoms with van der Waals surface area (Å²) < 4.78 is 7.37. The molecule has 0 radical (unpaired) electrons. The van der Waals surface area contributed by atoms with Crippen molar-refractivity contribution in [3.63, 3.8) is 0 Å². The van der Waals surface area contributed by atoms with Crippen LogP contribution in [0.25, 0.3) is 0 Å². The lowest BCUT2D eigenvalue weighted by molar-refractivity contribution is 0.0377. The van der Waals surface area contributed by atoms with Crippen molar-refractivity contribution in [1.29, 1.82) is 0 Å². The van der Waals surface area contributed by atoms with Crippen LogP contribution >= 0.6 is 0 Å². The predicted molar refractivity (Wildman–Crippen MR) is 67.7 cm³/mol. The summed E-state index contributed by atoms with van der Waals surface area (Å²) in [5, 5.41) is 0. The van der Waals surface area contributed by atoms with Crippen LogP contribution in [-0.4, -0.2) is 48.9 Å². The largest absolute Gasteiger partial charge is 0.379 e. The van der Waals surface area contributed by atoms with Gasteiger partial charge in [-0.25, -0.2) is 0 Å². The first-order valence-electron chi connectivity index (χ1n) is 6.28. The van der Waals surface area contributed by atoms with Crippen LogP contribution in [0.1, 0.15) is 6.42 Å². The average molecular weight is 235 g/mol. The highest BCUT2D eigenvalue weighted by atomic mass is 16.5. The molecule has 0 atom stereocenters. The van der Waals surface area contributed by atoms with Crippen LogP contribution in [0.15, 0.2) is 29.4 Å². The molecule has 1 fully saturated rings. The Kier molecular flexibility index (Phi) is 4.76. The number of nitrogens with zero attached hydrogens (tertiary/aromatic N) is 3. The molecule has 1 aliphatic rings. The molecule has 0 aromatic carbocycles. The number of rotatable bonds is 4. The van der Waals surface area contributed by atoms with Gasteiger partial charge in [-0.1, -0.05) is 6.07 Å². The molecule has 2 heterocycles. The highest BCUT2D eigenvalue weighted by Gasteiger charge is 2.08. The molecule has 94 valence electrons. The highest BCUT2D eigenvalue weighted by molar-refractivity contribution is 4.91. The van der Waals surface area contributed by atoms with E-state index in [2.05, 4.69) is 20.5 Å². The van der Waals surface area contributed by atoms with E-state index in [0.717, 1.165) is 51.3 Å². The second kappa shape index (κ2) is 6.57. The molecule has 2 rings (SSSR count). The van der Waals surface area contributed by atoms with Crippen molar-refractivity contribution < 1.29 is 4.74 Å². The van der Waals surface area contributed by atoms with Gasteiger partial charge in [-0.3, -0.25) is 9.89 Å². The Morgan fingerprint density at radius 3 is 2.88 bits per heavy atom. The summed E-state index contributed by atoms with van der Waals surface area (Å²) in [5.41, 5.74) is 1.05. The summed E-state index contributed by atoms with van der Waals surface area (Å²) in [6.07, 6.45) is 3.15. The Balaban J connectivity index is 1.75. The van der Waals surface area contributed by atoms with Crippen molar-refractivity contribution in [2.45, 2.75) is 6.42 Å². The van der Waals surface area contributed by atoms with Gasteiger partial charge in [0.1, 0.15) is 5.49 Å². The lowest BCUT2D eigenvalue weighted by Crippen LogP contribution is -2.37. The Hall–Kier alpha value is -1.13. The number of morpholine rings is 1. The molecule has 0 N–H and O–H groups in total. The Morgan fingerprint density at radius 1 is 1.29 bits per heavy atom. The van der Waals surface area contributed by atoms with Crippen LogP contribution in [0.3, 0.4) is 0 Å². The molecular formula is C13H21N3O. The molecular weight excluding hydrogens is 214 g/mol. The van der Waals surface area contributed by atoms with Crippen LogP contribution in [-0.2, 0) is 11.8 Å². The van der Waals surface area contributed by atoms with E-state index in [1.807, 2.05) is 25.4 Å². The monoisotopic (exact) mass is 235 g/mol. The summed E-state index contributed by atoms with van der Waals surface area (Å²) in [5.74, 6) is 0. The number of aromatic nitrogens is 1. The molecule has 1 aromatic rings. The van der Waals surface area contributed by atoms with Gasteiger partial charge in [0.15, 0.2) is 0 Å². The summed E-state index contributed by atoms with van der Waals surface area (Å²) in [6, 6.07) is 6.10. The Morgan fingerprint density at radius 2 is 2.12 bits per heavy atom. The van der Waals surface area contributed by atoms with Gasteiger partial charge in [0, 0.05) is 39.4 Å². The van der Waals surface area contributed by atoms with E-state index in [-0.39, 0.29) is 0 Å². The molecule has 0 amide bonds. The average Bonchev–Trinajstić information content (AvgIpc) is 2.38. The zero-order chi connectivity index (χ0) is 11.9. The van der Waals surface area contributed by atoms with Crippen LogP contribution in [0.4, 0.5) is 0 Å². The maximum atomic E-state index is 5.32. The van der Waals surface area contributed by atoms with E-state index in [4.69, 9.17) is 4.74 Å². The first-order valence-corrected chi connectivity index (χ1v) is 6.28. The number of pyridine rings is 1. The number of hydrogen-bond donors (Lipinski definition) is 0. The van der Waals surface area contributed by atoms with E-state index in [9.17, 15) is 0 Å². The normalized spacial score (nSPS) is 18.5. The second-order valence-electron chi connectivity index (χ2n) is 4.36. The summed E-state index contributed by atoms with van der Waals surface area (Å²) in [4.78, 5) is 7.04. The van der Waals surface area contributed by atoms with Crippen molar-refractivity contribution in [3.05, 3.63) is 29.9 Å². The van der Waals surface area contributed by atoms with E-state index < -0.39 is 0 Å². The maximum absolute atomic E-state index is 5.32. The fraction of sp³-hybridized carbons (Fsp3) is 0.615. The number of hydrogen-bond acceptors (Lipinski definition) is 3. The summed E-state index contributed by atoms with van der Waals surface area (Å²) in [6.45, 7) is 5.92. The molecule has 4 nitrogen and oxygen atoms in total. The molecule has 0 aliphatic carbocycles. The maximum Gasteiger partial charge on any atom is 0.127 e. The molecule has 0 spiro atoms. The zero-order valence-electron chi connectivity index (χ0n) is 10.5. The molecule has 1 aromatic heterocycles. The van der Waals surface area contributed by atoms with Crippen LogP contribution in [0, 0.1) is 0 Å². The Bertz CT molecular complexity index is 394. The second-order valence-corrected chi connectivity index (χ2v) is 4.36. The molecule has 0 saturated carbocycles. The predicted octanol–water partition coefficient (Wildman–Crippen LogP) is 0.648. The van der Waals surface area contributed by atoms with Crippen molar-refractivity contribution in [2.24, 2.45) is 12.0 Å². The van der Waals surface area contributed by atoms with Gasteiger partial charge in [0.05, 0.1) is 13.2 Å². The molecule has 1 saturated heterocycles. The van der Waals surface area contributed by atoms with Gasteiger partial charge in [-0.05, 0) is 18.6 Å². The SMILES string of the molecule is Cn1ccccc1=NCCCN1CCOCC1. The third-order valence-electron chi connectivity index (χ3n) is 3.04. The minimum Gasteiger partial charge on any atom is -0.379 e. The smallest absolute Gasteiger partial charge is 0.127 e. The van der Waals surface area contributed by atoms with Crippen molar-refractivity contribution in [1.82, 2.24) is 9.47 Å². The van der Waals surface area contributed by atoms with Crippen molar-refractivity contribution in [3.8, 4) is 0 Å². The van der Waals surface area contributed by atoms with Crippen molar-refractivity contribution in [2.75, 3.05) is 39.4 Å². The lowest BCUT2D eigenvalue weighted by Gasteiger charge is -2.26. The number of aryl methyl sites for hydroxylation is 1. The lowest BCUT2D eigenvalue weighted by atomic mass is 10.3. The summed E-state index contributed by atoms with van der Waals surface area (Å²) in [7, 11) is 2.03. The van der Waals surface area contributed by atoms with Crippen LogP contribution in [0.2, 0.25) is 0 Å². The minimum absolute atomic E-state index is 0.880. The highest BCUT2D eigenvalue weighted by Crippen LogP contribution is 1.97. The molecule has 1 aliphatic heterocycles. The first-order chi connectivity index (χ1) is 8.36. The number of ether oxygens (including phenoxy) is 1. The van der Waals surface area contributed by atoms with Crippen molar-refractivity contribution >= 4 is 0 Å². The van der Waals surface area contributed by atoms with E-state index >= 15 is 0 Å². The fourth-order valence-corrected chi connectivity index (χ4v) is 1.99.